The topological polar surface area (TPSA) is 42.3 Å². The first kappa shape index (κ1) is 11.8. The molecule has 2 heterocycles. The molecule has 0 aliphatic carbocycles. The summed E-state index contributed by atoms with van der Waals surface area (Å²) in [5.74, 6) is 0. The molecule has 0 unspecified atom stereocenters. The lowest BCUT2D eigenvalue weighted by molar-refractivity contribution is 0.0722. The molecule has 2 saturated heterocycles. The number of hydrogen-bond acceptors (Lipinski definition) is 4. The van der Waals surface area contributed by atoms with Crippen molar-refractivity contribution < 1.29 is 0 Å². The van der Waals surface area contributed by atoms with E-state index in [9.17, 15) is 0 Å². The summed E-state index contributed by atoms with van der Waals surface area (Å²) in [6.45, 7) is 8.42. The third-order valence-corrected chi connectivity index (χ3v) is 3.70. The minimum absolute atomic E-state index is 0.716. The van der Waals surface area contributed by atoms with Crippen LogP contribution in [0.5, 0.6) is 0 Å². The Morgan fingerprint density at radius 2 is 1.88 bits per heavy atom. The third-order valence-electron chi connectivity index (χ3n) is 3.70. The normalized spacial score (nSPS) is 23.9. The second kappa shape index (κ2) is 6.19. The van der Waals surface area contributed by atoms with Crippen LogP contribution in [0.1, 0.15) is 19.3 Å². The number of nitrogens with one attached hydrogen (secondary N) is 1. The van der Waals surface area contributed by atoms with Crippen molar-refractivity contribution in [1.29, 1.82) is 5.26 Å². The van der Waals surface area contributed by atoms with E-state index in [0.717, 1.165) is 12.5 Å². The maximum atomic E-state index is 8.46. The van der Waals surface area contributed by atoms with Gasteiger partial charge in [-0.05, 0) is 19.4 Å². The second-order valence-corrected chi connectivity index (χ2v) is 4.80. The molecule has 90 valence electrons. The van der Waals surface area contributed by atoms with Gasteiger partial charge >= 0.3 is 0 Å². The summed E-state index contributed by atoms with van der Waals surface area (Å²) < 4.78 is 0. The summed E-state index contributed by atoms with van der Waals surface area (Å²) in [4.78, 5) is 5.16. The molecule has 0 atom stereocenters. The van der Waals surface area contributed by atoms with Crippen molar-refractivity contribution >= 4 is 0 Å². The molecule has 0 radical (unpaired) electrons. The Hall–Kier alpha value is -0.630. The molecule has 2 rings (SSSR count). The summed E-state index contributed by atoms with van der Waals surface area (Å²) >= 11 is 0. The molecule has 0 amide bonds. The largest absolute Gasteiger partial charge is 0.314 e. The first-order valence-electron chi connectivity index (χ1n) is 6.44. The molecule has 0 saturated carbocycles. The van der Waals surface area contributed by atoms with Gasteiger partial charge in [-0.15, -0.1) is 0 Å². The number of hydrogen-bond donors (Lipinski definition) is 1. The Bertz CT molecular complexity index is 236. The Kier molecular flexibility index (Phi) is 4.58. The van der Waals surface area contributed by atoms with E-state index in [2.05, 4.69) is 21.2 Å². The lowest BCUT2D eigenvalue weighted by Gasteiger charge is -2.43. The lowest BCUT2D eigenvalue weighted by Crippen LogP contribution is -2.61. The van der Waals surface area contributed by atoms with Crippen molar-refractivity contribution in [2.45, 2.75) is 25.3 Å². The van der Waals surface area contributed by atoms with Crippen LogP contribution in [0.2, 0.25) is 0 Å². The molecule has 0 spiro atoms. The van der Waals surface area contributed by atoms with Gasteiger partial charge in [-0.25, -0.2) is 0 Å². The third kappa shape index (κ3) is 3.18. The lowest BCUT2D eigenvalue weighted by atomic mass is 10.1. The molecule has 4 nitrogen and oxygen atoms in total. The van der Waals surface area contributed by atoms with Gasteiger partial charge in [0.25, 0.3) is 0 Å². The Morgan fingerprint density at radius 3 is 2.44 bits per heavy atom. The zero-order chi connectivity index (χ0) is 11.2. The minimum Gasteiger partial charge on any atom is -0.314 e. The highest BCUT2D eigenvalue weighted by molar-refractivity contribution is 4.87. The summed E-state index contributed by atoms with van der Waals surface area (Å²) in [7, 11) is 0. The molecular formula is C12H22N4. The Morgan fingerprint density at radius 1 is 1.12 bits per heavy atom. The summed E-state index contributed by atoms with van der Waals surface area (Å²) in [5.41, 5.74) is 0. The van der Waals surface area contributed by atoms with Crippen LogP contribution in [0.4, 0.5) is 0 Å². The molecule has 16 heavy (non-hydrogen) atoms. The van der Waals surface area contributed by atoms with Crippen molar-refractivity contribution in [3.8, 4) is 6.07 Å². The Balaban J connectivity index is 1.56. The molecule has 0 aromatic rings. The standard InChI is InChI=1S/C12H22N4/c13-4-2-1-3-5-15-6-8-16(9-7-15)12-10-14-11-12/h12,14H,1-3,5-11H2. The predicted octanol–water partition coefficient (Wildman–Crippen LogP) is 0.270. The van der Waals surface area contributed by atoms with Crippen LogP contribution in [0, 0.1) is 11.3 Å². The van der Waals surface area contributed by atoms with Crippen LogP contribution < -0.4 is 5.32 Å². The zero-order valence-electron chi connectivity index (χ0n) is 9.99. The Labute approximate surface area is 98.2 Å². The molecule has 2 aliphatic heterocycles. The van der Waals surface area contributed by atoms with Crippen molar-refractivity contribution in [1.82, 2.24) is 15.1 Å². The fourth-order valence-electron chi connectivity index (χ4n) is 2.42. The smallest absolute Gasteiger partial charge is 0.0621 e. The van der Waals surface area contributed by atoms with E-state index in [1.54, 1.807) is 0 Å². The van der Waals surface area contributed by atoms with Crippen molar-refractivity contribution in [3.05, 3.63) is 0 Å². The number of nitrogens with zero attached hydrogens (tertiary/aromatic N) is 3. The summed E-state index contributed by atoms with van der Waals surface area (Å²) in [6, 6.07) is 3.02. The second-order valence-electron chi connectivity index (χ2n) is 4.80. The van der Waals surface area contributed by atoms with E-state index in [4.69, 9.17) is 5.26 Å². The van der Waals surface area contributed by atoms with Crippen LogP contribution in [-0.4, -0.2) is 61.7 Å². The molecule has 2 aliphatic rings. The van der Waals surface area contributed by atoms with E-state index in [-0.39, 0.29) is 0 Å². The van der Waals surface area contributed by atoms with Crippen LogP contribution in [0.3, 0.4) is 0 Å². The van der Waals surface area contributed by atoms with E-state index < -0.39 is 0 Å². The number of nitriles is 1. The maximum Gasteiger partial charge on any atom is 0.0621 e. The number of rotatable bonds is 5. The van der Waals surface area contributed by atoms with E-state index >= 15 is 0 Å². The van der Waals surface area contributed by atoms with Crippen LogP contribution in [-0.2, 0) is 0 Å². The minimum atomic E-state index is 0.716. The van der Waals surface area contributed by atoms with Gasteiger partial charge in [-0.2, -0.15) is 5.26 Å². The van der Waals surface area contributed by atoms with Gasteiger partial charge in [0.1, 0.15) is 0 Å². The molecule has 4 heteroatoms. The van der Waals surface area contributed by atoms with E-state index in [0.29, 0.717) is 6.42 Å². The molecule has 0 bridgehead atoms. The molecule has 0 aromatic heterocycles. The molecule has 1 N–H and O–H groups in total. The summed E-state index contributed by atoms with van der Waals surface area (Å²) in [5, 5.41) is 11.8. The van der Waals surface area contributed by atoms with Gasteiger partial charge < -0.3 is 10.2 Å². The van der Waals surface area contributed by atoms with Crippen molar-refractivity contribution in [2.24, 2.45) is 0 Å². The number of piperazine rings is 1. The highest BCUT2D eigenvalue weighted by Gasteiger charge is 2.27. The van der Waals surface area contributed by atoms with Crippen LogP contribution in [0.15, 0.2) is 0 Å². The number of unbranched alkanes of at least 4 members (excludes halogenated alkanes) is 2. The average molecular weight is 222 g/mol. The first-order valence-corrected chi connectivity index (χ1v) is 6.44. The van der Waals surface area contributed by atoms with Crippen LogP contribution in [0.25, 0.3) is 0 Å². The maximum absolute atomic E-state index is 8.46. The van der Waals surface area contributed by atoms with Gasteiger partial charge in [0.15, 0.2) is 0 Å². The molecule has 2 fully saturated rings. The SMILES string of the molecule is N#CCCCCN1CCN(C2CNC2)CC1. The van der Waals surface area contributed by atoms with Gasteiger partial charge in [0.2, 0.25) is 0 Å². The van der Waals surface area contributed by atoms with Crippen molar-refractivity contribution in [2.75, 3.05) is 45.8 Å². The highest BCUT2D eigenvalue weighted by Crippen LogP contribution is 2.10. The van der Waals surface area contributed by atoms with E-state index in [1.807, 2.05) is 0 Å². The molecular weight excluding hydrogens is 200 g/mol. The monoisotopic (exact) mass is 222 g/mol. The quantitative estimate of drug-likeness (QED) is 0.678. The average Bonchev–Trinajstić information content (AvgIpc) is 2.24. The highest BCUT2D eigenvalue weighted by atomic mass is 15.3. The van der Waals surface area contributed by atoms with E-state index in [1.165, 1.54) is 52.2 Å². The van der Waals surface area contributed by atoms with Gasteiger partial charge in [-0.1, -0.05) is 0 Å². The van der Waals surface area contributed by atoms with Gasteiger partial charge in [0, 0.05) is 51.7 Å². The zero-order valence-corrected chi connectivity index (χ0v) is 9.99. The summed E-state index contributed by atoms with van der Waals surface area (Å²) in [6.07, 6.45) is 2.95. The van der Waals surface area contributed by atoms with Crippen LogP contribution >= 0.6 is 0 Å². The van der Waals surface area contributed by atoms with Gasteiger partial charge in [-0.3, -0.25) is 4.90 Å². The molecule has 0 aromatic carbocycles. The van der Waals surface area contributed by atoms with Crippen molar-refractivity contribution in [3.63, 3.8) is 0 Å². The fraction of sp³-hybridized carbons (Fsp3) is 0.917. The fourth-order valence-corrected chi connectivity index (χ4v) is 2.42. The predicted molar refractivity (Wildman–Crippen MR) is 64.1 cm³/mol. The first-order chi connectivity index (χ1) is 7.90. The van der Waals surface area contributed by atoms with Gasteiger partial charge in [0.05, 0.1) is 6.07 Å².